The van der Waals surface area contributed by atoms with Gasteiger partial charge >= 0.3 is 0 Å². The van der Waals surface area contributed by atoms with Crippen molar-refractivity contribution in [2.45, 2.75) is 18.2 Å². The first-order valence-corrected chi connectivity index (χ1v) is 11.5. The number of nitrogens with one attached hydrogen (secondary N) is 1. The van der Waals surface area contributed by atoms with Crippen molar-refractivity contribution >= 4 is 21.6 Å². The van der Waals surface area contributed by atoms with Crippen LogP contribution in [0.5, 0.6) is 17.2 Å². The summed E-state index contributed by atoms with van der Waals surface area (Å²) in [6, 6.07) is 10.7. The molecule has 1 N–H and O–H groups in total. The van der Waals surface area contributed by atoms with E-state index >= 15 is 0 Å². The number of carbonyl (C=O) groups excluding carboxylic acids is 1. The number of benzene rings is 2. The molecule has 0 radical (unpaired) electrons. The molecule has 2 rings (SSSR count). The normalized spacial score (nSPS) is 11.0. The second-order valence-corrected chi connectivity index (χ2v) is 8.49. The Hall–Kier alpha value is -2.98. The van der Waals surface area contributed by atoms with E-state index in [1.165, 1.54) is 39.5 Å². The summed E-state index contributed by atoms with van der Waals surface area (Å²) in [7, 11) is 0.308. The van der Waals surface area contributed by atoms with E-state index in [1.807, 2.05) is 6.92 Å². The Morgan fingerprint density at radius 1 is 0.969 bits per heavy atom. The van der Waals surface area contributed by atoms with Gasteiger partial charge in [-0.2, -0.15) is 0 Å². The van der Waals surface area contributed by atoms with Crippen molar-refractivity contribution in [3.05, 3.63) is 42.5 Å². The maximum atomic E-state index is 13.5. The van der Waals surface area contributed by atoms with Gasteiger partial charge in [-0.3, -0.25) is 9.10 Å². The third-order valence-corrected chi connectivity index (χ3v) is 6.35. The van der Waals surface area contributed by atoms with Gasteiger partial charge in [0.25, 0.3) is 10.0 Å². The van der Waals surface area contributed by atoms with Gasteiger partial charge in [-0.1, -0.05) is 0 Å². The molecule has 2 aromatic rings. The Morgan fingerprint density at radius 2 is 1.66 bits per heavy atom. The van der Waals surface area contributed by atoms with Crippen LogP contribution in [0.3, 0.4) is 0 Å². The van der Waals surface area contributed by atoms with Crippen molar-refractivity contribution < 1.29 is 32.2 Å². The number of ether oxygens (including phenoxy) is 4. The highest BCUT2D eigenvalue weighted by molar-refractivity contribution is 7.92. The molecule has 1 amide bonds. The summed E-state index contributed by atoms with van der Waals surface area (Å²) >= 11 is 0. The molecule has 0 unspecified atom stereocenters. The van der Waals surface area contributed by atoms with Crippen LogP contribution >= 0.6 is 0 Å². The molecule has 0 bridgehead atoms. The van der Waals surface area contributed by atoms with Crippen LogP contribution in [-0.2, 0) is 19.6 Å². The minimum Gasteiger partial charge on any atom is -0.497 e. The van der Waals surface area contributed by atoms with Gasteiger partial charge < -0.3 is 24.3 Å². The summed E-state index contributed by atoms with van der Waals surface area (Å²) in [6.07, 6.45) is 0.630. The fourth-order valence-electron chi connectivity index (χ4n) is 2.90. The highest BCUT2D eigenvalue weighted by Crippen LogP contribution is 2.32. The van der Waals surface area contributed by atoms with Crippen molar-refractivity contribution in [3.8, 4) is 17.2 Å². The molecule has 0 fully saturated rings. The van der Waals surface area contributed by atoms with Crippen LogP contribution in [0.15, 0.2) is 47.4 Å². The van der Waals surface area contributed by atoms with Crippen LogP contribution < -0.4 is 23.8 Å². The van der Waals surface area contributed by atoms with Gasteiger partial charge in [0, 0.05) is 25.8 Å². The summed E-state index contributed by atoms with van der Waals surface area (Å²) in [5, 5.41) is 2.73. The Bertz CT molecular complexity index is 978. The zero-order chi connectivity index (χ0) is 23.6. The molecule has 0 aromatic heterocycles. The quantitative estimate of drug-likeness (QED) is 0.452. The molecule has 9 nitrogen and oxygen atoms in total. The second-order valence-electron chi connectivity index (χ2n) is 6.63. The van der Waals surface area contributed by atoms with Crippen molar-refractivity contribution in [1.82, 2.24) is 5.32 Å². The van der Waals surface area contributed by atoms with Crippen LogP contribution in [0.25, 0.3) is 0 Å². The van der Waals surface area contributed by atoms with E-state index in [4.69, 9.17) is 18.9 Å². The summed E-state index contributed by atoms with van der Waals surface area (Å²) in [6.45, 7) is 3.00. The fourth-order valence-corrected chi connectivity index (χ4v) is 4.34. The van der Waals surface area contributed by atoms with E-state index in [0.29, 0.717) is 43.4 Å². The van der Waals surface area contributed by atoms with Crippen molar-refractivity contribution in [2.75, 3.05) is 51.9 Å². The number of methoxy groups -OCH3 is 3. The minimum absolute atomic E-state index is 0.0323. The molecule has 10 heteroatoms. The van der Waals surface area contributed by atoms with Crippen LogP contribution in [0, 0.1) is 0 Å². The number of hydrogen-bond acceptors (Lipinski definition) is 7. The third kappa shape index (κ3) is 6.51. The topological polar surface area (TPSA) is 103 Å². The smallest absolute Gasteiger partial charge is 0.264 e. The standard InChI is InChI=1S/C22H30N2O7S/c1-5-31-14-6-13-23-22(25)16-24(17-7-9-18(28-2)10-8-17)32(26,27)19-11-12-20(29-3)21(15-19)30-4/h7-12,15H,5-6,13-14,16H2,1-4H3,(H,23,25). The molecule has 0 aliphatic carbocycles. The summed E-state index contributed by atoms with van der Waals surface area (Å²) in [5.41, 5.74) is 0.324. The molecule has 176 valence electrons. The predicted molar refractivity (Wildman–Crippen MR) is 121 cm³/mol. The lowest BCUT2D eigenvalue weighted by Crippen LogP contribution is -2.41. The Kier molecular flexibility index (Phi) is 9.61. The van der Waals surface area contributed by atoms with E-state index < -0.39 is 22.5 Å². The largest absolute Gasteiger partial charge is 0.497 e. The number of anilines is 1. The van der Waals surface area contributed by atoms with Crippen LogP contribution in [0.4, 0.5) is 5.69 Å². The van der Waals surface area contributed by atoms with Gasteiger partial charge in [-0.25, -0.2) is 8.42 Å². The van der Waals surface area contributed by atoms with Crippen LogP contribution in [0.1, 0.15) is 13.3 Å². The highest BCUT2D eigenvalue weighted by Gasteiger charge is 2.28. The van der Waals surface area contributed by atoms with Crippen molar-refractivity contribution in [3.63, 3.8) is 0 Å². The molecule has 0 aliphatic rings. The Balaban J connectivity index is 2.33. The summed E-state index contributed by atoms with van der Waals surface area (Å²) in [5.74, 6) is 0.803. The van der Waals surface area contributed by atoms with Crippen molar-refractivity contribution in [2.24, 2.45) is 0 Å². The average molecular weight is 467 g/mol. The predicted octanol–water partition coefficient (Wildman–Crippen LogP) is 2.45. The lowest BCUT2D eigenvalue weighted by molar-refractivity contribution is -0.119. The number of sulfonamides is 1. The third-order valence-electron chi connectivity index (χ3n) is 4.58. The maximum absolute atomic E-state index is 13.5. The van der Waals surface area contributed by atoms with E-state index in [0.717, 1.165) is 4.31 Å². The number of rotatable bonds is 13. The molecule has 0 saturated heterocycles. The van der Waals surface area contributed by atoms with Gasteiger partial charge in [-0.05, 0) is 49.7 Å². The lowest BCUT2D eigenvalue weighted by Gasteiger charge is -2.24. The Morgan fingerprint density at radius 3 is 2.25 bits per heavy atom. The van der Waals surface area contributed by atoms with Gasteiger partial charge in [0.2, 0.25) is 5.91 Å². The van der Waals surface area contributed by atoms with E-state index in [9.17, 15) is 13.2 Å². The van der Waals surface area contributed by atoms with E-state index in [2.05, 4.69) is 5.32 Å². The molecule has 0 atom stereocenters. The first kappa shape index (κ1) is 25.3. The monoisotopic (exact) mass is 466 g/mol. The highest BCUT2D eigenvalue weighted by atomic mass is 32.2. The zero-order valence-electron chi connectivity index (χ0n) is 18.8. The molecule has 2 aromatic carbocycles. The molecule has 32 heavy (non-hydrogen) atoms. The minimum atomic E-state index is -4.09. The summed E-state index contributed by atoms with van der Waals surface area (Å²) < 4.78 is 48.9. The fraction of sp³-hybridized carbons (Fsp3) is 0.409. The molecule has 0 aliphatic heterocycles. The molecular weight excluding hydrogens is 436 g/mol. The molecule has 0 saturated carbocycles. The zero-order valence-corrected chi connectivity index (χ0v) is 19.6. The molecular formula is C22H30N2O7S. The van der Waals surface area contributed by atoms with Gasteiger partial charge in [0.1, 0.15) is 12.3 Å². The maximum Gasteiger partial charge on any atom is 0.264 e. The Labute approximate surface area is 189 Å². The molecule has 0 spiro atoms. The average Bonchev–Trinajstić information content (AvgIpc) is 2.81. The van der Waals surface area contributed by atoms with Gasteiger partial charge in [0.05, 0.1) is 31.9 Å². The lowest BCUT2D eigenvalue weighted by atomic mass is 10.3. The second kappa shape index (κ2) is 12.2. The molecule has 0 heterocycles. The van der Waals surface area contributed by atoms with Crippen LogP contribution in [0.2, 0.25) is 0 Å². The van der Waals surface area contributed by atoms with Crippen molar-refractivity contribution in [1.29, 1.82) is 0 Å². The number of nitrogens with zero attached hydrogens (tertiary/aromatic N) is 1. The first-order chi connectivity index (χ1) is 15.4. The number of hydrogen-bond donors (Lipinski definition) is 1. The van der Waals surface area contributed by atoms with Gasteiger partial charge in [-0.15, -0.1) is 0 Å². The number of carbonyl (C=O) groups is 1. The number of amides is 1. The van der Waals surface area contributed by atoms with Crippen LogP contribution in [-0.4, -0.2) is 62.0 Å². The summed E-state index contributed by atoms with van der Waals surface area (Å²) in [4.78, 5) is 12.5. The van der Waals surface area contributed by atoms with E-state index in [-0.39, 0.29) is 10.6 Å². The SMILES string of the molecule is CCOCCCNC(=O)CN(c1ccc(OC)cc1)S(=O)(=O)c1ccc(OC)c(OC)c1. The van der Waals surface area contributed by atoms with Gasteiger partial charge in [0.15, 0.2) is 11.5 Å². The first-order valence-electron chi connectivity index (χ1n) is 10.1. The van der Waals surface area contributed by atoms with E-state index in [1.54, 1.807) is 24.3 Å².